The van der Waals surface area contributed by atoms with Crippen LogP contribution >= 0.6 is 22.9 Å². The van der Waals surface area contributed by atoms with E-state index in [-0.39, 0.29) is 11.4 Å². The second kappa shape index (κ2) is 9.02. The van der Waals surface area contributed by atoms with E-state index < -0.39 is 21.5 Å². The van der Waals surface area contributed by atoms with Gasteiger partial charge in [-0.05, 0) is 60.9 Å². The van der Waals surface area contributed by atoms with Crippen molar-refractivity contribution in [2.75, 3.05) is 10.7 Å². The molecule has 0 aliphatic heterocycles. The van der Waals surface area contributed by atoms with Crippen molar-refractivity contribution in [1.82, 2.24) is 4.98 Å². The molecule has 8 heteroatoms. The van der Waals surface area contributed by atoms with E-state index in [1.54, 1.807) is 0 Å². The van der Waals surface area contributed by atoms with Gasteiger partial charge in [0, 0.05) is 5.02 Å². The number of aromatic nitrogens is 1. The highest BCUT2D eigenvalue weighted by atomic mass is 35.5. The van der Waals surface area contributed by atoms with E-state index in [0.717, 1.165) is 26.9 Å². The number of anilines is 1. The molecule has 5 nitrogen and oxygen atoms in total. The van der Waals surface area contributed by atoms with Crippen LogP contribution < -0.4 is 4.90 Å². The van der Waals surface area contributed by atoms with Gasteiger partial charge in [0.15, 0.2) is 15.0 Å². The Labute approximate surface area is 196 Å². The van der Waals surface area contributed by atoms with Crippen molar-refractivity contribution >= 4 is 54.0 Å². The molecule has 0 spiro atoms. The highest BCUT2D eigenvalue weighted by Crippen LogP contribution is 2.33. The Hall–Kier alpha value is -2.74. The zero-order valence-electron chi connectivity index (χ0n) is 17.6. The van der Waals surface area contributed by atoms with Crippen molar-refractivity contribution in [2.24, 2.45) is 0 Å². The SMILES string of the molecule is Cc1ccc2sc(N(Cc3ccccc3)C(=O)CS(=O)(=O)c3ccc(Cl)cc3)nc2c1C. The summed E-state index contributed by atoms with van der Waals surface area (Å²) in [5.74, 6) is -1.19. The minimum absolute atomic E-state index is 0.0608. The summed E-state index contributed by atoms with van der Waals surface area (Å²) in [4.78, 5) is 19.6. The first-order chi connectivity index (χ1) is 15.2. The van der Waals surface area contributed by atoms with Crippen molar-refractivity contribution in [3.8, 4) is 0 Å². The summed E-state index contributed by atoms with van der Waals surface area (Å²) in [6, 6.07) is 19.3. The number of rotatable bonds is 6. The minimum atomic E-state index is -3.84. The number of hydrogen-bond donors (Lipinski definition) is 0. The van der Waals surface area contributed by atoms with Gasteiger partial charge in [0.05, 0.1) is 21.7 Å². The van der Waals surface area contributed by atoms with E-state index >= 15 is 0 Å². The largest absolute Gasteiger partial charge is 0.283 e. The maximum Gasteiger partial charge on any atom is 0.244 e. The molecule has 4 rings (SSSR count). The fraction of sp³-hybridized carbons (Fsp3) is 0.167. The van der Waals surface area contributed by atoms with Crippen LogP contribution in [0.25, 0.3) is 10.2 Å². The van der Waals surface area contributed by atoms with Crippen molar-refractivity contribution in [1.29, 1.82) is 0 Å². The number of fused-ring (bicyclic) bond motifs is 1. The Kier molecular flexibility index (Phi) is 6.33. The number of amides is 1. The lowest BCUT2D eigenvalue weighted by molar-refractivity contribution is -0.116. The molecule has 164 valence electrons. The van der Waals surface area contributed by atoms with Crippen molar-refractivity contribution in [3.63, 3.8) is 0 Å². The molecule has 0 unspecified atom stereocenters. The Morgan fingerprint density at radius 2 is 1.69 bits per heavy atom. The topological polar surface area (TPSA) is 67.3 Å². The van der Waals surface area contributed by atoms with Gasteiger partial charge < -0.3 is 0 Å². The number of halogens is 1. The standard InChI is InChI=1S/C24H21ClN2O3S2/c1-16-8-13-21-23(17(16)2)26-24(31-21)27(14-18-6-4-3-5-7-18)22(28)15-32(29,30)20-11-9-19(25)10-12-20/h3-13H,14-15H2,1-2H3. The van der Waals surface area contributed by atoms with Crippen LogP contribution in [0.3, 0.4) is 0 Å². The van der Waals surface area contributed by atoms with Gasteiger partial charge in [0.1, 0.15) is 5.75 Å². The lowest BCUT2D eigenvalue weighted by Gasteiger charge is -2.20. The molecule has 0 aliphatic carbocycles. The highest BCUT2D eigenvalue weighted by Gasteiger charge is 2.27. The van der Waals surface area contributed by atoms with E-state index in [1.165, 1.54) is 40.5 Å². The van der Waals surface area contributed by atoms with Gasteiger partial charge >= 0.3 is 0 Å². The minimum Gasteiger partial charge on any atom is -0.283 e. The van der Waals surface area contributed by atoms with E-state index in [4.69, 9.17) is 16.6 Å². The summed E-state index contributed by atoms with van der Waals surface area (Å²) in [5, 5.41) is 0.912. The van der Waals surface area contributed by atoms with E-state index in [1.807, 2.05) is 56.3 Å². The maximum absolute atomic E-state index is 13.3. The summed E-state index contributed by atoms with van der Waals surface area (Å²) in [6.07, 6.45) is 0. The number of aryl methyl sites for hydroxylation is 2. The molecule has 0 saturated carbocycles. The number of benzene rings is 3. The quantitative estimate of drug-likeness (QED) is 0.358. The summed E-state index contributed by atoms with van der Waals surface area (Å²) in [6.45, 7) is 4.24. The number of carbonyl (C=O) groups is 1. The smallest absolute Gasteiger partial charge is 0.244 e. The lowest BCUT2D eigenvalue weighted by Crippen LogP contribution is -2.35. The molecule has 0 bridgehead atoms. The fourth-order valence-electron chi connectivity index (χ4n) is 3.32. The van der Waals surface area contributed by atoms with Gasteiger partial charge in [0.2, 0.25) is 5.91 Å². The first kappa shape index (κ1) is 22.5. The molecule has 32 heavy (non-hydrogen) atoms. The Morgan fingerprint density at radius 3 is 2.38 bits per heavy atom. The lowest BCUT2D eigenvalue weighted by atomic mass is 10.1. The second-order valence-electron chi connectivity index (χ2n) is 7.53. The van der Waals surface area contributed by atoms with Gasteiger partial charge in [-0.2, -0.15) is 0 Å². The maximum atomic E-state index is 13.3. The molecule has 0 saturated heterocycles. The van der Waals surface area contributed by atoms with Crippen LogP contribution in [0, 0.1) is 13.8 Å². The number of nitrogens with zero attached hydrogens (tertiary/aromatic N) is 2. The number of carbonyl (C=O) groups excluding carboxylic acids is 1. The Bertz CT molecular complexity index is 1380. The average molecular weight is 485 g/mol. The molecule has 1 aromatic heterocycles. The van der Waals surface area contributed by atoms with Crippen LogP contribution in [0.2, 0.25) is 5.02 Å². The zero-order chi connectivity index (χ0) is 22.9. The van der Waals surface area contributed by atoms with Crippen LogP contribution in [-0.4, -0.2) is 25.1 Å². The molecular weight excluding hydrogens is 464 g/mol. The third-order valence-electron chi connectivity index (χ3n) is 5.28. The third kappa shape index (κ3) is 4.70. The first-order valence-corrected chi connectivity index (χ1v) is 12.8. The van der Waals surface area contributed by atoms with Gasteiger partial charge in [-0.1, -0.05) is 59.3 Å². The zero-order valence-corrected chi connectivity index (χ0v) is 20.0. The Balaban J connectivity index is 1.71. The van der Waals surface area contributed by atoms with Gasteiger partial charge in [-0.25, -0.2) is 13.4 Å². The van der Waals surface area contributed by atoms with Gasteiger partial charge in [-0.3, -0.25) is 9.69 Å². The van der Waals surface area contributed by atoms with Crippen LogP contribution in [0.1, 0.15) is 16.7 Å². The van der Waals surface area contributed by atoms with Gasteiger partial charge in [0.25, 0.3) is 0 Å². The first-order valence-electron chi connectivity index (χ1n) is 9.94. The predicted molar refractivity (Wildman–Crippen MR) is 130 cm³/mol. The van der Waals surface area contributed by atoms with Crippen molar-refractivity contribution in [2.45, 2.75) is 25.3 Å². The number of hydrogen-bond acceptors (Lipinski definition) is 5. The van der Waals surface area contributed by atoms with E-state index in [2.05, 4.69) is 0 Å². The molecule has 1 amide bonds. The molecular formula is C24H21ClN2O3S2. The van der Waals surface area contributed by atoms with E-state index in [0.29, 0.717) is 10.2 Å². The molecule has 1 heterocycles. The highest BCUT2D eigenvalue weighted by molar-refractivity contribution is 7.92. The number of sulfone groups is 1. The molecule has 0 fully saturated rings. The van der Waals surface area contributed by atoms with Crippen molar-refractivity contribution < 1.29 is 13.2 Å². The summed E-state index contributed by atoms with van der Waals surface area (Å²) >= 11 is 7.26. The molecule has 4 aromatic rings. The van der Waals surface area contributed by atoms with Crippen molar-refractivity contribution in [3.05, 3.63) is 88.4 Å². The van der Waals surface area contributed by atoms with Crippen LogP contribution in [-0.2, 0) is 21.2 Å². The summed E-state index contributed by atoms with van der Waals surface area (Å²) < 4.78 is 26.8. The normalized spacial score (nSPS) is 11.6. The summed E-state index contributed by atoms with van der Waals surface area (Å²) in [5.41, 5.74) is 3.87. The molecule has 0 radical (unpaired) electrons. The van der Waals surface area contributed by atoms with Crippen LogP contribution in [0.4, 0.5) is 5.13 Å². The second-order valence-corrected chi connectivity index (χ2v) is 11.0. The predicted octanol–water partition coefficient (Wildman–Crippen LogP) is 5.57. The average Bonchev–Trinajstić information content (AvgIpc) is 3.20. The fourth-order valence-corrected chi connectivity index (χ4v) is 5.69. The molecule has 0 atom stereocenters. The molecule has 0 aliphatic rings. The van der Waals surface area contributed by atoms with E-state index in [9.17, 15) is 13.2 Å². The van der Waals surface area contributed by atoms with Crippen LogP contribution in [0.5, 0.6) is 0 Å². The Morgan fingerprint density at radius 1 is 1.00 bits per heavy atom. The molecule has 0 N–H and O–H groups in total. The molecule has 3 aromatic carbocycles. The van der Waals surface area contributed by atoms with Gasteiger partial charge in [-0.15, -0.1) is 0 Å². The number of thiazole rings is 1. The van der Waals surface area contributed by atoms with Crippen LogP contribution in [0.15, 0.2) is 71.6 Å². The summed E-state index contributed by atoms with van der Waals surface area (Å²) in [7, 11) is -3.84. The third-order valence-corrected chi connectivity index (χ3v) is 8.19. The monoisotopic (exact) mass is 484 g/mol.